The minimum Gasteiger partial charge on any atom is -0.474 e. The van der Waals surface area contributed by atoms with Crippen LogP contribution in [0, 0.1) is 0 Å². The molecule has 0 spiro atoms. The van der Waals surface area contributed by atoms with Crippen molar-refractivity contribution in [2.24, 2.45) is 0 Å². The lowest BCUT2D eigenvalue weighted by Gasteiger charge is -2.27. The summed E-state index contributed by atoms with van der Waals surface area (Å²) in [6.45, 7) is 9.83. The summed E-state index contributed by atoms with van der Waals surface area (Å²) >= 11 is 0. The highest BCUT2D eigenvalue weighted by atomic mass is 16.5. The molecule has 0 N–H and O–H groups in total. The summed E-state index contributed by atoms with van der Waals surface area (Å²) in [4.78, 5) is 11.2. The molecule has 1 saturated heterocycles. The van der Waals surface area contributed by atoms with Crippen molar-refractivity contribution < 1.29 is 4.74 Å². The zero-order chi connectivity index (χ0) is 13.0. The minimum atomic E-state index is 0.104. The zero-order valence-electron chi connectivity index (χ0n) is 11.2. The Labute approximate surface area is 109 Å². The zero-order valence-corrected chi connectivity index (χ0v) is 11.2. The van der Waals surface area contributed by atoms with Crippen molar-refractivity contribution >= 4 is 12.0 Å². The fourth-order valence-corrected chi connectivity index (χ4v) is 2.07. The van der Waals surface area contributed by atoms with E-state index in [4.69, 9.17) is 4.74 Å². The van der Waals surface area contributed by atoms with Gasteiger partial charge in [0.2, 0.25) is 11.8 Å². The molecule has 2 heterocycles. The Morgan fingerprint density at radius 3 is 2.67 bits per heavy atom. The highest BCUT2D eigenvalue weighted by molar-refractivity contribution is 5.53. The molecule has 0 radical (unpaired) electrons. The molecule has 0 aromatic carbocycles. The number of rotatable bonds is 4. The lowest BCUT2D eigenvalue weighted by molar-refractivity contribution is 0.231. The molecule has 98 valence electrons. The molecule has 1 aromatic heterocycles. The summed E-state index contributed by atoms with van der Waals surface area (Å²) < 4.78 is 5.72. The molecule has 2 rings (SSSR count). The number of aromatic nitrogens is 2. The molecule has 1 aliphatic heterocycles. The second-order valence-electron chi connectivity index (χ2n) is 4.85. The molecule has 4 heteroatoms. The molecule has 0 atom stereocenters. The highest BCUT2D eigenvalue weighted by Gasteiger charge is 2.16. The van der Waals surface area contributed by atoms with Gasteiger partial charge in [-0.05, 0) is 33.1 Å². The largest absolute Gasteiger partial charge is 0.474 e. The van der Waals surface area contributed by atoms with E-state index in [0.29, 0.717) is 5.88 Å². The van der Waals surface area contributed by atoms with Crippen molar-refractivity contribution in [2.45, 2.75) is 39.2 Å². The molecular formula is C14H21N3O. The fraction of sp³-hybridized carbons (Fsp3) is 0.571. The second kappa shape index (κ2) is 5.85. The first-order valence-corrected chi connectivity index (χ1v) is 6.62. The average Bonchev–Trinajstić information content (AvgIpc) is 2.39. The van der Waals surface area contributed by atoms with Crippen LogP contribution in [0.1, 0.15) is 38.7 Å². The monoisotopic (exact) mass is 247 g/mol. The first kappa shape index (κ1) is 12.9. The smallest absolute Gasteiger partial charge is 0.228 e. The summed E-state index contributed by atoms with van der Waals surface area (Å²) in [6, 6.07) is 0. The maximum absolute atomic E-state index is 5.72. The maximum atomic E-state index is 5.72. The van der Waals surface area contributed by atoms with Crippen LogP contribution in [0.25, 0.3) is 6.08 Å². The van der Waals surface area contributed by atoms with Crippen molar-refractivity contribution in [2.75, 3.05) is 18.0 Å². The van der Waals surface area contributed by atoms with Crippen LogP contribution >= 0.6 is 0 Å². The predicted molar refractivity (Wildman–Crippen MR) is 74.0 cm³/mol. The van der Waals surface area contributed by atoms with Gasteiger partial charge >= 0.3 is 0 Å². The number of nitrogens with zero attached hydrogens (tertiary/aromatic N) is 3. The Balaban J connectivity index is 2.23. The molecule has 4 nitrogen and oxygen atoms in total. The Bertz CT molecular complexity index is 412. The SMILES string of the molecule is C=Cc1cnc(N2CCCCC2)nc1OC(C)C. The van der Waals surface area contributed by atoms with E-state index in [1.165, 1.54) is 19.3 Å². The van der Waals surface area contributed by atoms with Crippen LogP contribution in [0.5, 0.6) is 5.88 Å². The molecule has 1 fully saturated rings. The Morgan fingerprint density at radius 2 is 2.06 bits per heavy atom. The van der Waals surface area contributed by atoms with Crippen LogP contribution in [0.2, 0.25) is 0 Å². The Hall–Kier alpha value is -1.58. The van der Waals surface area contributed by atoms with Gasteiger partial charge in [0, 0.05) is 19.3 Å². The van der Waals surface area contributed by atoms with Crippen molar-refractivity contribution in [1.82, 2.24) is 9.97 Å². The van der Waals surface area contributed by atoms with Gasteiger partial charge in [-0.2, -0.15) is 4.98 Å². The molecule has 0 bridgehead atoms. The topological polar surface area (TPSA) is 38.2 Å². The van der Waals surface area contributed by atoms with Crippen molar-refractivity contribution in [1.29, 1.82) is 0 Å². The van der Waals surface area contributed by atoms with E-state index in [1.54, 1.807) is 12.3 Å². The highest BCUT2D eigenvalue weighted by Crippen LogP contribution is 2.22. The minimum absolute atomic E-state index is 0.104. The summed E-state index contributed by atoms with van der Waals surface area (Å²) in [6.07, 6.45) is 7.36. The number of hydrogen-bond acceptors (Lipinski definition) is 4. The third-order valence-corrected chi connectivity index (χ3v) is 2.97. The van der Waals surface area contributed by atoms with Crippen LogP contribution < -0.4 is 9.64 Å². The third kappa shape index (κ3) is 3.00. The van der Waals surface area contributed by atoms with Crippen LogP contribution in [-0.2, 0) is 0 Å². The molecule has 18 heavy (non-hydrogen) atoms. The van der Waals surface area contributed by atoms with Gasteiger partial charge in [0.25, 0.3) is 0 Å². The summed E-state index contributed by atoms with van der Waals surface area (Å²) in [7, 11) is 0. The standard InChI is InChI=1S/C14H21N3O/c1-4-12-10-15-14(16-13(12)18-11(2)3)17-8-6-5-7-9-17/h4,10-11H,1,5-9H2,2-3H3. The van der Waals surface area contributed by atoms with Gasteiger partial charge in [-0.1, -0.05) is 12.7 Å². The Morgan fingerprint density at radius 1 is 1.33 bits per heavy atom. The van der Waals surface area contributed by atoms with Crippen molar-refractivity contribution in [3.63, 3.8) is 0 Å². The summed E-state index contributed by atoms with van der Waals surface area (Å²) in [5, 5.41) is 0. The average molecular weight is 247 g/mol. The van der Waals surface area contributed by atoms with E-state index in [1.807, 2.05) is 13.8 Å². The second-order valence-corrected chi connectivity index (χ2v) is 4.85. The predicted octanol–water partition coefficient (Wildman–Crippen LogP) is 2.90. The van der Waals surface area contributed by atoms with Gasteiger partial charge < -0.3 is 9.64 Å². The van der Waals surface area contributed by atoms with Crippen molar-refractivity contribution in [3.8, 4) is 5.88 Å². The summed E-state index contributed by atoms with van der Waals surface area (Å²) in [5.41, 5.74) is 0.851. The van der Waals surface area contributed by atoms with Gasteiger partial charge in [0.05, 0.1) is 11.7 Å². The molecule has 1 aromatic rings. The molecule has 0 amide bonds. The Kier molecular flexibility index (Phi) is 4.18. The van der Waals surface area contributed by atoms with Crippen LogP contribution in [-0.4, -0.2) is 29.2 Å². The van der Waals surface area contributed by atoms with Gasteiger partial charge in [0.15, 0.2) is 0 Å². The van der Waals surface area contributed by atoms with Crippen LogP contribution in [0.15, 0.2) is 12.8 Å². The number of ether oxygens (including phenoxy) is 1. The maximum Gasteiger partial charge on any atom is 0.228 e. The normalized spacial score (nSPS) is 15.8. The van der Waals surface area contributed by atoms with Gasteiger partial charge in [-0.3, -0.25) is 0 Å². The first-order chi connectivity index (χ1) is 8.70. The molecule has 1 aliphatic rings. The lowest BCUT2D eigenvalue weighted by Crippen LogP contribution is -2.31. The number of anilines is 1. The van der Waals surface area contributed by atoms with Gasteiger partial charge in [-0.25, -0.2) is 4.98 Å². The van der Waals surface area contributed by atoms with E-state index in [9.17, 15) is 0 Å². The summed E-state index contributed by atoms with van der Waals surface area (Å²) in [5.74, 6) is 1.41. The quantitative estimate of drug-likeness (QED) is 0.820. The van der Waals surface area contributed by atoms with E-state index < -0.39 is 0 Å². The van der Waals surface area contributed by atoms with E-state index in [2.05, 4.69) is 21.4 Å². The first-order valence-electron chi connectivity index (χ1n) is 6.62. The number of hydrogen-bond donors (Lipinski definition) is 0. The molecule has 0 saturated carbocycles. The fourth-order valence-electron chi connectivity index (χ4n) is 2.07. The van der Waals surface area contributed by atoms with Gasteiger partial charge in [-0.15, -0.1) is 0 Å². The van der Waals surface area contributed by atoms with Gasteiger partial charge in [0.1, 0.15) is 0 Å². The van der Waals surface area contributed by atoms with Crippen LogP contribution in [0.4, 0.5) is 5.95 Å². The lowest BCUT2D eigenvalue weighted by atomic mass is 10.1. The third-order valence-electron chi connectivity index (χ3n) is 2.97. The molecule has 0 aliphatic carbocycles. The van der Waals surface area contributed by atoms with E-state index in [-0.39, 0.29) is 6.10 Å². The number of piperidine rings is 1. The van der Waals surface area contributed by atoms with E-state index in [0.717, 1.165) is 24.6 Å². The van der Waals surface area contributed by atoms with E-state index >= 15 is 0 Å². The van der Waals surface area contributed by atoms with Crippen LogP contribution in [0.3, 0.4) is 0 Å². The molecular weight excluding hydrogens is 226 g/mol. The molecule has 0 unspecified atom stereocenters. The van der Waals surface area contributed by atoms with Crippen molar-refractivity contribution in [3.05, 3.63) is 18.3 Å².